The molecular weight excluding hydrogens is 314 g/mol. The van der Waals surface area contributed by atoms with Gasteiger partial charge in [-0.2, -0.15) is 0 Å². The number of benzene rings is 1. The van der Waals surface area contributed by atoms with Gasteiger partial charge in [0.25, 0.3) is 6.29 Å². The topological polar surface area (TPSA) is 141 Å². The third-order valence-corrected chi connectivity index (χ3v) is 3.74. The molecule has 126 valence electrons. The number of nitro groups is 1. The van der Waals surface area contributed by atoms with Gasteiger partial charge >= 0.3 is 5.72 Å². The highest BCUT2D eigenvalue weighted by molar-refractivity contribution is 5.44. The van der Waals surface area contributed by atoms with Crippen LogP contribution in [0.15, 0.2) is 18.2 Å². The van der Waals surface area contributed by atoms with Gasteiger partial charge in [-0.1, -0.05) is 6.07 Å². The summed E-state index contributed by atoms with van der Waals surface area (Å²) >= 11 is 0. The molecule has 0 aliphatic carbocycles. The van der Waals surface area contributed by atoms with Crippen molar-refractivity contribution in [1.82, 2.24) is 0 Å². The van der Waals surface area contributed by atoms with Gasteiger partial charge in [-0.05, 0) is 17.7 Å². The summed E-state index contributed by atoms with van der Waals surface area (Å²) in [6.45, 7) is -0.722. The van der Waals surface area contributed by atoms with Crippen molar-refractivity contribution in [3.8, 4) is 11.5 Å². The van der Waals surface area contributed by atoms with E-state index in [-0.39, 0.29) is 13.4 Å². The molecule has 2 heterocycles. The lowest BCUT2D eigenvalue weighted by molar-refractivity contribution is -0.652. The molecule has 0 amide bonds. The second-order valence-corrected chi connectivity index (χ2v) is 5.17. The van der Waals surface area contributed by atoms with Crippen molar-refractivity contribution in [2.45, 2.75) is 30.8 Å². The molecule has 1 aromatic carbocycles. The average molecular weight is 329 g/mol. The van der Waals surface area contributed by atoms with Crippen molar-refractivity contribution >= 4 is 0 Å². The normalized spacial score (nSPS) is 32.2. The van der Waals surface area contributed by atoms with Crippen LogP contribution in [0.1, 0.15) is 5.56 Å². The van der Waals surface area contributed by atoms with Crippen LogP contribution < -0.4 is 9.47 Å². The maximum Gasteiger partial charge on any atom is 0.401 e. The molecule has 0 radical (unpaired) electrons. The summed E-state index contributed by atoms with van der Waals surface area (Å²) in [7, 11) is 0. The molecule has 2 aliphatic rings. The van der Waals surface area contributed by atoms with Crippen LogP contribution in [0.5, 0.6) is 11.5 Å². The van der Waals surface area contributed by atoms with Crippen LogP contribution >= 0.6 is 0 Å². The second-order valence-electron chi connectivity index (χ2n) is 5.17. The lowest BCUT2D eigenvalue weighted by Crippen LogP contribution is -2.55. The maximum absolute atomic E-state index is 11.1. The minimum Gasteiger partial charge on any atom is -0.454 e. The van der Waals surface area contributed by atoms with Gasteiger partial charge in [0.15, 0.2) is 17.6 Å². The van der Waals surface area contributed by atoms with Crippen molar-refractivity contribution < 1.29 is 39.2 Å². The van der Waals surface area contributed by atoms with E-state index in [9.17, 15) is 20.3 Å². The molecule has 10 nitrogen and oxygen atoms in total. The zero-order valence-corrected chi connectivity index (χ0v) is 11.8. The minimum atomic E-state index is -2.86. The summed E-state index contributed by atoms with van der Waals surface area (Å²) in [5.74, 6) is 1.08. The van der Waals surface area contributed by atoms with E-state index in [2.05, 4.69) is 0 Å². The Morgan fingerprint density at radius 1 is 1.39 bits per heavy atom. The summed E-state index contributed by atoms with van der Waals surface area (Å²) in [5.41, 5.74) is -2.26. The van der Waals surface area contributed by atoms with Gasteiger partial charge in [0.1, 0.15) is 6.10 Å². The van der Waals surface area contributed by atoms with Crippen LogP contribution in [0, 0.1) is 10.1 Å². The number of hydrogen-bond donors (Lipinski definition) is 3. The molecule has 0 unspecified atom stereocenters. The number of fused-ring (bicyclic) bond motifs is 1. The molecule has 1 fully saturated rings. The van der Waals surface area contributed by atoms with Gasteiger partial charge in [0.2, 0.25) is 6.79 Å². The summed E-state index contributed by atoms with van der Waals surface area (Å²) in [4.78, 5) is 10.0. The molecule has 2 aliphatic heterocycles. The monoisotopic (exact) mass is 329 g/mol. The first-order chi connectivity index (χ1) is 11.0. The van der Waals surface area contributed by atoms with Gasteiger partial charge in [-0.15, -0.1) is 0 Å². The Kier molecular flexibility index (Phi) is 4.08. The molecular formula is C13H15NO9. The fraction of sp³-hybridized carbons (Fsp3) is 0.538. The van der Waals surface area contributed by atoms with Gasteiger partial charge in [0, 0.05) is 0 Å². The number of aliphatic hydroxyl groups excluding tert-OH is 2. The fourth-order valence-electron chi connectivity index (χ4n) is 2.45. The first kappa shape index (κ1) is 15.9. The predicted octanol–water partition coefficient (Wildman–Crippen LogP) is -1.02. The van der Waals surface area contributed by atoms with E-state index in [0.29, 0.717) is 17.1 Å². The van der Waals surface area contributed by atoms with Crippen LogP contribution in [0.25, 0.3) is 0 Å². The second kappa shape index (κ2) is 5.91. The predicted molar refractivity (Wildman–Crippen MR) is 71.1 cm³/mol. The first-order valence-corrected chi connectivity index (χ1v) is 6.78. The van der Waals surface area contributed by atoms with E-state index in [1.165, 1.54) is 0 Å². The number of nitrogens with zero attached hydrogens (tertiary/aromatic N) is 1. The van der Waals surface area contributed by atoms with E-state index >= 15 is 0 Å². The van der Waals surface area contributed by atoms with E-state index in [1.807, 2.05) is 0 Å². The van der Waals surface area contributed by atoms with Gasteiger partial charge < -0.3 is 34.3 Å². The standard InChI is InChI=1S/C13H15NO9/c15-4-10-11(16)13(17,14(18)19)12(23-10)20-5-7-1-2-8-9(3-7)22-6-21-8/h1-3,10-12,15-17H,4-6H2/t10-,11-,12+,13-/m1/s1. The molecule has 1 aromatic rings. The zero-order chi connectivity index (χ0) is 16.6. The summed E-state index contributed by atoms with van der Waals surface area (Å²) in [6.07, 6.45) is -4.95. The largest absolute Gasteiger partial charge is 0.454 e. The third kappa shape index (κ3) is 2.60. The maximum atomic E-state index is 11.1. The third-order valence-electron chi connectivity index (χ3n) is 3.74. The van der Waals surface area contributed by atoms with Crippen LogP contribution in [0.4, 0.5) is 0 Å². The van der Waals surface area contributed by atoms with Crippen LogP contribution in [0.2, 0.25) is 0 Å². The Morgan fingerprint density at radius 3 is 2.83 bits per heavy atom. The number of rotatable bonds is 5. The molecule has 0 bridgehead atoms. The minimum absolute atomic E-state index is 0.108. The first-order valence-electron chi connectivity index (χ1n) is 6.78. The summed E-state index contributed by atoms with van der Waals surface area (Å²) in [5, 5.41) is 40.0. The summed E-state index contributed by atoms with van der Waals surface area (Å²) in [6, 6.07) is 4.94. The molecule has 0 spiro atoms. The molecule has 3 rings (SSSR count). The summed E-state index contributed by atoms with van der Waals surface area (Å²) < 4.78 is 20.7. The van der Waals surface area contributed by atoms with Gasteiger partial charge in [-0.3, -0.25) is 10.1 Å². The quantitative estimate of drug-likeness (QED) is 0.351. The fourth-order valence-corrected chi connectivity index (χ4v) is 2.45. The van der Waals surface area contributed by atoms with Gasteiger partial charge in [-0.25, -0.2) is 0 Å². The Bertz CT molecular complexity index is 609. The molecule has 10 heteroatoms. The van der Waals surface area contributed by atoms with Crippen molar-refractivity contribution in [3.05, 3.63) is 33.9 Å². The molecule has 23 heavy (non-hydrogen) atoms. The Labute approximate surface area is 129 Å². The van der Waals surface area contributed by atoms with Gasteiger partial charge in [0.05, 0.1) is 18.1 Å². The Balaban J connectivity index is 1.72. The van der Waals surface area contributed by atoms with E-state index < -0.39 is 35.8 Å². The zero-order valence-electron chi connectivity index (χ0n) is 11.8. The SMILES string of the molecule is O=[N+]([O-])[C@]1(O)[C@@H](OCc2ccc3c(c2)OCO3)O[C@H](CO)[C@H]1O. The highest BCUT2D eigenvalue weighted by atomic mass is 16.7. The Morgan fingerprint density at radius 2 is 2.13 bits per heavy atom. The van der Waals surface area contributed by atoms with E-state index in [4.69, 9.17) is 24.1 Å². The molecule has 0 saturated carbocycles. The molecule has 0 aromatic heterocycles. The molecule has 3 N–H and O–H groups in total. The van der Waals surface area contributed by atoms with E-state index in [1.54, 1.807) is 18.2 Å². The average Bonchev–Trinajstić information content (AvgIpc) is 3.09. The number of ether oxygens (including phenoxy) is 4. The number of hydrogen-bond acceptors (Lipinski definition) is 9. The molecule has 1 saturated heterocycles. The smallest absolute Gasteiger partial charge is 0.401 e. The van der Waals surface area contributed by atoms with Crippen molar-refractivity contribution in [2.75, 3.05) is 13.4 Å². The van der Waals surface area contributed by atoms with Crippen molar-refractivity contribution in [1.29, 1.82) is 0 Å². The molecule has 4 atom stereocenters. The Hall–Kier alpha value is -1.98. The van der Waals surface area contributed by atoms with E-state index in [0.717, 1.165) is 0 Å². The highest BCUT2D eigenvalue weighted by Crippen LogP contribution is 2.35. The van der Waals surface area contributed by atoms with Crippen LogP contribution in [0.3, 0.4) is 0 Å². The highest BCUT2D eigenvalue weighted by Gasteiger charge is 2.66. The lowest BCUT2D eigenvalue weighted by Gasteiger charge is -2.21. The lowest BCUT2D eigenvalue weighted by atomic mass is 10.1. The van der Waals surface area contributed by atoms with Crippen LogP contribution in [-0.4, -0.2) is 57.9 Å². The number of aliphatic hydroxyl groups is 3. The van der Waals surface area contributed by atoms with Crippen LogP contribution in [-0.2, 0) is 16.1 Å². The van der Waals surface area contributed by atoms with Crippen molar-refractivity contribution in [3.63, 3.8) is 0 Å². The van der Waals surface area contributed by atoms with Crippen molar-refractivity contribution in [2.24, 2.45) is 0 Å².